The molecule has 0 atom stereocenters. The Bertz CT molecular complexity index is 408. The third kappa shape index (κ3) is 29.1. The first kappa shape index (κ1) is 31.1. The van der Waals surface area contributed by atoms with Gasteiger partial charge in [-0.05, 0) is 24.7 Å². The van der Waals surface area contributed by atoms with Gasteiger partial charge in [-0.2, -0.15) is 0 Å². The molecule has 0 aliphatic carbocycles. The van der Waals surface area contributed by atoms with E-state index in [0.717, 1.165) is 12.8 Å². The van der Waals surface area contributed by atoms with Crippen LogP contribution in [0.15, 0.2) is 0 Å². The molecular formula is C32H58. The van der Waals surface area contributed by atoms with Crippen molar-refractivity contribution < 1.29 is 0 Å². The molecule has 0 bridgehead atoms. The topological polar surface area (TPSA) is 0 Å². The van der Waals surface area contributed by atoms with Crippen molar-refractivity contribution in [2.45, 2.75) is 181 Å². The summed E-state index contributed by atoms with van der Waals surface area (Å²) in [5.41, 5.74) is 0. The summed E-state index contributed by atoms with van der Waals surface area (Å²) in [6, 6.07) is 0. The highest BCUT2D eigenvalue weighted by molar-refractivity contribution is 5.25. The van der Waals surface area contributed by atoms with E-state index in [-0.39, 0.29) is 0 Å². The van der Waals surface area contributed by atoms with Crippen molar-refractivity contribution in [1.82, 2.24) is 0 Å². The maximum Gasteiger partial charge on any atom is 0.00989 e. The Kier molecular flexibility index (Phi) is 29.3. The van der Waals surface area contributed by atoms with Crippen LogP contribution < -0.4 is 0 Å². The molecule has 0 heteroatoms. The summed E-state index contributed by atoms with van der Waals surface area (Å²) in [6.07, 6.45) is 35.8. The van der Waals surface area contributed by atoms with Gasteiger partial charge < -0.3 is 0 Å². The fraction of sp³-hybridized carbons (Fsp3) is 0.875. The van der Waals surface area contributed by atoms with Crippen molar-refractivity contribution in [3.05, 3.63) is 0 Å². The minimum atomic E-state index is 1.03. The van der Waals surface area contributed by atoms with Gasteiger partial charge in [0.15, 0.2) is 0 Å². The van der Waals surface area contributed by atoms with Crippen LogP contribution in [0.25, 0.3) is 0 Å². The molecule has 0 heterocycles. The minimum absolute atomic E-state index is 1.03. The van der Waals surface area contributed by atoms with Gasteiger partial charge in [0, 0.05) is 12.8 Å². The van der Waals surface area contributed by atoms with Crippen LogP contribution in [0.5, 0.6) is 0 Å². The molecule has 0 radical (unpaired) electrons. The van der Waals surface area contributed by atoms with Crippen LogP contribution in [-0.2, 0) is 0 Å². The van der Waals surface area contributed by atoms with Crippen molar-refractivity contribution in [2.24, 2.45) is 0 Å². The van der Waals surface area contributed by atoms with Crippen LogP contribution in [-0.4, -0.2) is 0 Å². The number of rotatable bonds is 24. The summed E-state index contributed by atoms with van der Waals surface area (Å²) in [7, 11) is 0. The molecule has 0 rings (SSSR count). The minimum Gasteiger partial charge on any atom is -0.0891 e. The first-order valence-corrected chi connectivity index (χ1v) is 14.9. The van der Waals surface area contributed by atoms with Gasteiger partial charge in [-0.15, -0.1) is 0 Å². The standard InChI is InChI=1S/C32H58/c1-3-5-7-9-11-13-15-17-19-21-23-25-27-29-31-32-30-28-26-24-22-20-18-16-14-12-10-8-6-4-2/h3-28H2,1-2H3. The van der Waals surface area contributed by atoms with Crippen LogP contribution in [0.4, 0.5) is 0 Å². The van der Waals surface area contributed by atoms with E-state index in [2.05, 4.69) is 37.5 Å². The molecule has 0 aromatic heterocycles. The fourth-order valence-electron chi connectivity index (χ4n) is 4.32. The SMILES string of the molecule is CCCCCCCCCCCCCCC#CC#CCCCCCCCCCCCCCC. The maximum absolute atomic E-state index is 3.24. The summed E-state index contributed by atoms with van der Waals surface area (Å²) in [5.74, 6) is 12.6. The molecule has 0 aromatic carbocycles. The van der Waals surface area contributed by atoms with Crippen molar-refractivity contribution in [1.29, 1.82) is 0 Å². The highest BCUT2D eigenvalue weighted by Gasteiger charge is 1.94. The molecule has 0 N–H and O–H groups in total. The second-order valence-electron chi connectivity index (χ2n) is 9.88. The van der Waals surface area contributed by atoms with Gasteiger partial charge in [0.25, 0.3) is 0 Å². The summed E-state index contributed by atoms with van der Waals surface area (Å²) < 4.78 is 0. The van der Waals surface area contributed by atoms with Gasteiger partial charge in [-0.3, -0.25) is 0 Å². The summed E-state index contributed by atoms with van der Waals surface area (Å²) in [4.78, 5) is 0. The van der Waals surface area contributed by atoms with Gasteiger partial charge in [0.05, 0.1) is 0 Å². The van der Waals surface area contributed by atoms with Gasteiger partial charge in [0.2, 0.25) is 0 Å². The first-order valence-electron chi connectivity index (χ1n) is 14.9. The molecule has 0 aromatic rings. The van der Waals surface area contributed by atoms with E-state index in [4.69, 9.17) is 0 Å². The van der Waals surface area contributed by atoms with Crippen LogP contribution in [0.1, 0.15) is 181 Å². The quantitative estimate of drug-likeness (QED) is 0.103. The number of unbranched alkanes of at least 4 members (excludes halogenated alkanes) is 24. The lowest BCUT2D eigenvalue weighted by atomic mass is 10.0. The van der Waals surface area contributed by atoms with Crippen LogP contribution in [0.3, 0.4) is 0 Å². The zero-order valence-corrected chi connectivity index (χ0v) is 22.4. The van der Waals surface area contributed by atoms with Gasteiger partial charge in [-0.25, -0.2) is 0 Å². The Morgan fingerprint density at radius 1 is 0.281 bits per heavy atom. The molecule has 32 heavy (non-hydrogen) atoms. The van der Waals surface area contributed by atoms with E-state index >= 15 is 0 Å². The third-order valence-electron chi connectivity index (χ3n) is 6.55. The lowest BCUT2D eigenvalue weighted by Gasteiger charge is -2.01. The van der Waals surface area contributed by atoms with Gasteiger partial charge in [0.1, 0.15) is 0 Å². The molecule has 0 nitrogen and oxygen atoms in total. The average Bonchev–Trinajstić information content (AvgIpc) is 2.81. The molecular weight excluding hydrogens is 384 g/mol. The smallest absolute Gasteiger partial charge is 0.00989 e. The summed E-state index contributed by atoms with van der Waals surface area (Å²) >= 11 is 0. The Labute approximate surface area is 204 Å². The fourth-order valence-corrected chi connectivity index (χ4v) is 4.32. The van der Waals surface area contributed by atoms with E-state index < -0.39 is 0 Å². The highest BCUT2D eigenvalue weighted by Crippen LogP contribution is 2.13. The molecule has 0 amide bonds. The van der Waals surface area contributed by atoms with E-state index in [1.807, 2.05) is 0 Å². The summed E-state index contributed by atoms with van der Waals surface area (Å²) in [6.45, 7) is 4.58. The monoisotopic (exact) mass is 442 g/mol. The third-order valence-corrected chi connectivity index (χ3v) is 6.55. The van der Waals surface area contributed by atoms with Crippen molar-refractivity contribution in [3.8, 4) is 23.7 Å². The van der Waals surface area contributed by atoms with Crippen LogP contribution in [0.2, 0.25) is 0 Å². The van der Waals surface area contributed by atoms with Crippen molar-refractivity contribution in [3.63, 3.8) is 0 Å². The van der Waals surface area contributed by atoms with Crippen LogP contribution in [0, 0.1) is 23.7 Å². The summed E-state index contributed by atoms with van der Waals surface area (Å²) in [5, 5.41) is 0. The second kappa shape index (κ2) is 30.1. The lowest BCUT2D eigenvalue weighted by Crippen LogP contribution is -1.82. The Balaban J connectivity index is 3.20. The Morgan fingerprint density at radius 3 is 0.750 bits per heavy atom. The molecule has 186 valence electrons. The molecule has 0 saturated heterocycles. The Hall–Kier alpha value is -0.880. The molecule has 0 spiro atoms. The highest BCUT2D eigenvalue weighted by atomic mass is 14.0. The average molecular weight is 443 g/mol. The van der Waals surface area contributed by atoms with Crippen molar-refractivity contribution in [2.75, 3.05) is 0 Å². The normalized spacial score (nSPS) is 10.4. The Morgan fingerprint density at radius 2 is 0.500 bits per heavy atom. The molecule has 0 aliphatic rings. The van der Waals surface area contributed by atoms with E-state index in [1.165, 1.54) is 154 Å². The van der Waals surface area contributed by atoms with Gasteiger partial charge in [-0.1, -0.05) is 167 Å². The lowest BCUT2D eigenvalue weighted by molar-refractivity contribution is 0.545. The predicted molar refractivity (Wildman–Crippen MR) is 147 cm³/mol. The van der Waals surface area contributed by atoms with Crippen LogP contribution >= 0.6 is 0 Å². The number of hydrogen-bond donors (Lipinski definition) is 0. The first-order chi connectivity index (χ1) is 15.9. The maximum atomic E-state index is 3.24. The molecule has 0 unspecified atom stereocenters. The number of hydrogen-bond acceptors (Lipinski definition) is 0. The molecule has 0 saturated carbocycles. The van der Waals surface area contributed by atoms with Crippen molar-refractivity contribution >= 4 is 0 Å². The van der Waals surface area contributed by atoms with E-state index in [0.29, 0.717) is 0 Å². The van der Waals surface area contributed by atoms with E-state index in [9.17, 15) is 0 Å². The van der Waals surface area contributed by atoms with Gasteiger partial charge >= 0.3 is 0 Å². The largest absolute Gasteiger partial charge is 0.0891 e. The zero-order valence-electron chi connectivity index (χ0n) is 22.4. The second-order valence-corrected chi connectivity index (χ2v) is 9.88. The predicted octanol–water partition coefficient (Wildman–Crippen LogP) is 11.2. The zero-order chi connectivity index (χ0) is 23.2. The molecule has 0 aliphatic heterocycles. The molecule has 0 fully saturated rings. The van der Waals surface area contributed by atoms with E-state index in [1.54, 1.807) is 0 Å².